The molecular formula is C9H8BrNO. The van der Waals surface area contributed by atoms with Crippen molar-refractivity contribution in [3.05, 3.63) is 28.2 Å². The molecule has 1 aliphatic heterocycles. The summed E-state index contributed by atoms with van der Waals surface area (Å²) in [4.78, 5) is 11.6. The van der Waals surface area contributed by atoms with E-state index in [1.54, 1.807) is 0 Å². The first-order valence-corrected chi connectivity index (χ1v) is 3.94. The topological polar surface area (TPSA) is 29.1 Å². The molecule has 1 amide bonds. The van der Waals surface area contributed by atoms with Gasteiger partial charge in [-0.1, -0.05) is 22.0 Å². The largest absolute Gasteiger partial charge is 0.326 e. The average Bonchev–Trinajstić information content (AvgIpc) is 2.31. The first-order chi connectivity index (χ1) is 8.53. The molecule has 0 spiro atoms. The van der Waals surface area contributed by atoms with Crippen LogP contribution in [0.2, 0.25) is 0 Å². The summed E-state index contributed by atoms with van der Waals surface area (Å²) in [5.74, 6) is -1.21. The van der Waals surface area contributed by atoms with E-state index in [1.807, 2.05) is 0 Å². The number of halogens is 1. The van der Waals surface area contributed by atoms with Crippen molar-refractivity contribution in [3.63, 3.8) is 0 Å². The smallest absolute Gasteiger partial charge is 0.224 e. The Hall–Kier alpha value is -0.830. The standard InChI is InChI=1S/C9H8BrNO/c10-7-3-1-6-2-4-9(12)11-8(6)5-7/h1,3,5H,2,4H2,(H,11,12)/i1D,2D2,3D,4D2,5D. The minimum absolute atomic E-state index is 0.0465. The molecule has 1 aliphatic rings. The third kappa shape index (κ3) is 1.37. The maximum absolute atomic E-state index is 11.6. The highest BCUT2D eigenvalue weighted by molar-refractivity contribution is 9.10. The molecule has 12 heavy (non-hydrogen) atoms. The quantitative estimate of drug-likeness (QED) is 0.732. The Balaban J connectivity index is 2.91. The highest BCUT2D eigenvalue weighted by Crippen LogP contribution is 2.25. The Morgan fingerprint density at radius 3 is 3.25 bits per heavy atom. The number of hydrogen-bond acceptors (Lipinski definition) is 1. The fraction of sp³-hybridized carbons (Fsp3) is 0.222. The van der Waals surface area contributed by atoms with Crippen LogP contribution in [0.5, 0.6) is 0 Å². The fourth-order valence-corrected chi connectivity index (χ4v) is 1.13. The van der Waals surface area contributed by atoms with Crippen molar-refractivity contribution in [2.24, 2.45) is 0 Å². The number of benzene rings is 1. The average molecular weight is 233 g/mol. The van der Waals surface area contributed by atoms with E-state index >= 15 is 0 Å². The van der Waals surface area contributed by atoms with Crippen molar-refractivity contribution in [2.45, 2.75) is 12.7 Å². The van der Waals surface area contributed by atoms with Gasteiger partial charge in [-0.05, 0) is 24.0 Å². The van der Waals surface area contributed by atoms with Crippen LogP contribution in [0.1, 0.15) is 21.5 Å². The molecular weight excluding hydrogens is 218 g/mol. The van der Waals surface area contributed by atoms with E-state index in [9.17, 15) is 4.79 Å². The molecule has 0 bridgehead atoms. The first-order valence-electron chi connectivity index (χ1n) is 6.64. The molecule has 0 saturated heterocycles. The summed E-state index contributed by atoms with van der Waals surface area (Å²) in [7, 11) is 0. The summed E-state index contributed by atoms with van der Waals surface area (Å²) in [5.41, 5.74) is -0.742. The lowest BCUT2D eigenvalue weighted by atomic mass is 10.0. The lowest BCUT2D eigenvalue weighted by Gasteiger charge is -2.16. The molecule has 1 heterocycles. The molecule has 0 radical (unpaired) electrons. The first kappa shape index (κ1) is 3.14. The van der Waals surface area contributed by atoms with Crippen molar-refractivity contribution in [3.8, 4) is 0 Å². The molecule has 2 rings (SSSR count). The zero-order valence-corrected chi connectivity index (χ0v) is 7.37. The second kappa shape index (κ2) is 2.90. The van der Waals surface area contributed by atoms with Gasteiger partial charge in [0, 0.05) is 22.0 Å². The molecule has 1 aromatic carbocycles. The van der Waals surface area contributed by atoms with Crippen LogP contribution in [0.3, 0.4) is 0 Å². The molecule has 0 aliphatic carbocycles. The predicted molar refractivity (Wildman–Crippen MR) is 51.1 cm³/mol. The van der Waals surface area contributed by atoms with Crippen LogP contribution in [0, 0.1) is 0 Å². The van der Waals surface area contributed by atoms with Crippen LogP contribution < -0.4 is 5.32 Å². The minimum Gasteiger partial charge on any atom is -0.326 e. The van der Waals surface area contributed by atoms with Crippen molar-refractivity contribution in [2.75, 3.05) is 5.32 Å². The van der Waals surface area contributed by atoms with Gasteiger partial charge in [-0.2, -0.15) is 0 Å². The Labute approximate surface area is 88.9 Å². The lowest BCUT2D eigenvalue weighted by Crippen LogP contribution is -2.18. The van der Waals surface area contributed by atoms with E-state index in [2.05, 4.69) is 21.2 Å². The van der Waals surface area contributed by atoms with Gasteiger partial charge in [-0.3, -0.25) is 4.79 Å². The van der Waals surface area contributed by atoms with Crippen LogP contribution in [-0.4, -0.2) is 5.91 Å². The summed E-state index contributed by atoms with van der Waals surface area (Å²) in [6.07, 6.45) is -5.66. The molecule has 1 N–H and O–H groups in total. The van der Waals surface area contributed by atoms with E-state index in [0.717, 1.165) is 0 Å². The van der Waals surface area contributed by atoms with Crippen LogP contribution in [0.4, 0.5) is 5.69 Å². The van der Waals surface area contributed by atoms with Gasteiger partial charge in [0.2, 0.25) is 5.91 Å². The van der Waals surface area contributed by atoms with Gasteiger partial charge in [0.25, 0.3) is 0 Å². The van der Waals surface area contributed by atoms with Gasteiger partial charge < -0.3 is 5.32 Å². The highest BCUT2D eigenvalue weighted by atomic mass is 79.9. The number of amides is 1. The molecule has 0 fully saturated rings. The molecule has 0 saturated carbocycles. The predicted octanol–water partition coefficient (Wildman–Crippen LogP) is 2.33. The second-order valence-electron chi connectivity index (χ2n) is 2.14. The van der Waals surface area contributed by atoms with E-state index < -0.39 is 36.3 Å². The van der Waals surface area contributed by atoms with E-state index in [-0.39, 0.29) is 16.2 Å². The number of carbonyl (C=O) groups is 1. The SMILES string of the molecule is [2H]c1c([2H])c2c(c([2H])c1Br)NC(=O)C([2H])([2H])C2([2H])[2H]. The number of anilines is 1. The Morgan fingerprint density at radius 1 is 1.58 bits per heavy atom. The number of rotatable bonds is 0. The van der Waals surface area contributed by atoms with Gasteiger partial charge in [-0.15, -0.1) is 0 Å². The summed E-state index contributed by atoms with van der Waals surface area (Å²) in [5, 5.41) is 2.11. The van der Waals surface area contributed by atoms with Crippen LogP contribution >= 0.6 is 15.9 Å². The monoisotopic (exact) mass is 232 g/mol. The number of hydrogen-bond donors (Lipinski definition) is 1. The van der Waals surface area contributed by atoms with Gasteiger partial charge >= 0.3 is 0 Å². The second-order valence-corrected chi connectivity index (χ2v) is 2.94. The number of fused-ring (bicyclic) bond motifs is 1. The van der Waals surface area contributed by atoms with Crippen LogP contribution in [-0.2, 0) is 11.2 Å². The third-order valence-corrected chi connectivity index (χ3v) is 1.72. The zero-order chi connectivity index (χ0) is 14.7. The third-order valence-electron chi connectivity index (χ3n) is 1.32. The fourth-order valence-electron chi connectivity index (χ4n) is 0.835. The summed E-state index contributed by atoms with van der Waals surface area (Å²) in [6, 6.07) is -1.31. The van der Waals surface area contributed by atoms with Gasteiger partial charge in [0.15, 0.2) is 0 Å². The van der Waals surface area contributed by atoms with E-state index in [1.165, 1.54) is 0 Å². The van der Waals surface area contributed by atoms with Gasteiger partial charge in [0.05, 0.1) is 4.11 Å². The Bertz CT molecular complexity index is 601. The van der Waals surface area contributed by atoms with Crippen molar-refractivity contribution in [1.29, 1.82) is 0 Å². The number of nitrogens with one attached hydrogen (secondary N) is 1. The molecule has 2 nitrogen and oxygen atoms in total. The number of carbonyl (C=O) groups excluding carboxylic acids is 1. The van der Waals surface area contributed by atoms with Crippen molar-refractivity contribution >= 4 is 27.5 Å². The molecule has 0 unspecified atom stereocenters. The molecule has 3 heteroatoms. The normalized spacial score (nSPS) is 32.1. The Morgan fingerprint density at radius 2 is 2.42 bits per heavy atom. The van der Waals surface area contributed by atoms with E-state index in [4.69, 9.17) is 9.60 Å². The summed E-state index contributed by atoms with van der Waals surface area (Å²) in [6.45, 7) is 0. The zero-order valence-electron chi connectivity index (χ0n) is 12.8. The minimum atomic E-state index is -2.87. The van der Waals surface area contributed by atoms with Gasteiger partial charge in [-0.25, -0.2) is 0 Å². The van der Waals surface area contributed by atoms with Crippen LogP contribution in [0.15, 0.2) is 22.6 Å². The maximum Gasteiger partial charge on any atom is 0.224 e. The molecule has 1 aromatic rings. The van der Waals surface area contributed by atoms with Crippen LogP contribution in [0.25, 0.3) is 0 Å². The molecule has 0 aromatic heterocycles. The van der Waals surface area contributed by atoms with Gasteiger partial charge in [0.1, 0.15) is 0 Å². The van der Waals surface area contributed by atoms with Crippen molar-refractivity contribution in [1.82, 2.24) is 0 Å². The molecule has 62 valence electrons. The van der Waals surface area contributed by atoms with E-state index in [0.29, 0.717) is 0 Å². The molecule has 0 atom stereocenters. The maximum atomic E-state index is 11.6. The summed E-state index contributed by atoms with van der Waals surface area (Å²) < 4.78 is 53.7. The highest BCUT2D eigenvalue weighted by Gasteiger charge is 2.13. The van der Waals surface area contributed by atoms with Crippen molar-refractivity contribution < 1.29 is 14.4 Å². The summed E-state index contributed by atoms with van der Waals surface area (Å²) >= 11 is 2.93. The lowest BCUT2D eigenvalue weighted by molar-refractivity contribution is -0.116. The Kier molecular flexibility index (Phi) is 0.760.